The van der Waals surface area contributed by atoms with E-state index in [9.17, 15) is 13.5 Å². The van der Waals surface area contributed by atoms with Crippen LogP contribution in [0.3, 0.4) is 0 Å². The van der Waals surface area contributed by atoms with Gasteiger partial charge in [0.2, 0.25) is 0 Å². The van der Waals surface area contributed by atoms with Crippen LogP contribution >= 0.6 is 0 Å². The Bertz CT molecular complexity index is 558. The minimum atomic E-state index is -3.18. The van der Waals surface area contributed by atoms with Gasteiger partial charge in [0, 0.05) is 12.2 Å². The van der Waals surface area contributed by atoms with Crippen molar-refractivity contribution in [3.63, 3.8) is 0 Å². The molecule has 0 aliphatic heterocycles. The summed E-state index contributed by atoms with van der Waals surface area (Å²) >= 11 is 0. The standard InChI is InChI=1S/C13H16O3S/c1-9-11(8-14)7-10-5-3-4-6-12(10)13(9)17(2,15)16/h3-7,9,13-14H,8H2,1-2H3/t9-,13?/m1/s1. The largest absolute Gasteiger partial charge is 0.392 e. The number of hydrogen-bond acceptors (Lipinski definition) is 3. The van der Waals surface area contributed by atoms with Gasteiger partial charge in [0.1, 0.15) is 0 Å². The van der Waals surface area contributed by atoms with E-state index in [1.807, 2.05) is 37.3 Å². The highest BCUT2D eigenvalue weighted by Crippen LogP contribution is 2.40. The van der Waals surface area contributed by atoms with Gasteiger partial charge in [0.25, 0.3) is 0 Å². The number of fused-ring (bicyclic) bond motifs is 1. The summed E-state index contributed by atoms with van der Waals surface area (Å²) in [5, 5.41) is 8.76. The summed E-state index contributed by atoms with van der Waals surface area (Å²) in [5.74, 6) is -0.176. The van der Waals surface area contributed by atoms with E-state index in [-0.39, 0.29) is 12.5 Å². The fraction of sp³-hybridized carbons (Fsp3) is 0.385. The van der Waals surface area contributed by atoms with E-state index in [0.29, 0.717) is 0 Å². The highest BCUT2D eigenvalue weighted by atomic mass is 32.2. The van der Waals surface area contributed by atoms with E-state index < -0.39 is 15.1 Å². The third-order valence-corrected chi connectivity index (χ3v) is 4.91. The molecule has 1 N–H and O–H groups in total. The second-order valence-electron chi connectivity index (χ2n) is 4.55. The average Bonchev–Trinajstić information content (AvgIpc) is 2.26. The molecular formula is C13H16O3S. The van der Waals surface area contributed by atoms with E-state index >= 15 is 0 Å². The van der Waals surface area contributed by atoms with Crippen molar-refractivity contribution in [1.29, 1.82) is 0 Å². The molecule has 0 spiro atoms. The summed E-state index contributed by atoms with van der Waals surface area (Å²) in [6.07, 6.45) is 3.15. The molecular weight excluding hydrogens is 236 g/mol. The molecule has 1 unspecified atom stereocenters. The Balaban J connectivity index is 2.66. The molecule has 0 fully saturated rings. The SMILES string of the molecule is C[C@@H]1C(CO)=Cc2ccccc2C1S(C)(=O)=O. The first-order valence-corrected chi connectivity index (χ1v) is 7.49. The third kappa shape index (κ3) is 2.15. The van der Waals surface area contributed by atoms with Crippen molar-refractivity contribution in [2.75, 3.05) is 12.9 Å². The summed E-state index contributed by atoms with van der Waals surface area (Å²) in [5.41, 5.74) is 2.50. The zero-order valence-corrected chi connectivity index (χ0v) is 10.7. The Morgan fingerprint density at radius 3 is 2.53 bits per heavy atom. The number of aliphatic hydroxyl groups excluding tert-OH is 1. The van der Waals surface area contributed by atoms with E-state index in [0.717, 1.165) is 16.7 Å². The van der Waals surface area contributed by atoms with Gasteiger partial charge in [-0.05, 0) is 16.7 Å². The summed E-state index contributed by atoms with van der Waals surface area (Å²) in [7, 11) is -3.18. The molecule has 17 heavy (non-hydrogen) atoms. The maximum absolute atomic E-state index is 11.9. The second-order valence-corrected chi connectivity index (χ2v) is 6.71. The van der Waals surface area contributed by atoms with Gasteiger partial charge < -0.3 is 5.11 Å². The van der Waals surface area contributed by atoms with Gasteiger partial charge in [0.15, 0.2) is 9.84 Å². The summed E-state index contributed by atoms with van der Waals surface area (Å²) in [6, 6.07) is 7.46. The molecule has 92 valence electrons. The first kappa shape index (κ1) is 12.3. The molecule has 0 bridgehead atoms. The van der Waals surface area contributed by atoms with Crippen molar-refractivity contribution in [1.82, 2.24) is 0 Å². The highest BCUT2D eigenvalue weighted by Gasteiger charge is 2.34. The number of aliphatic hydroxyl groups is 1. The minimum Gasteiger partial charge on any atom is -0.392 e. The molecule has 2 rings (SSSR count). The molecule has 1 aromatic rings. The second kappa shape index (κ2) is 4.27. The number of hydrogen-bond donors (Lipinski definition) is 1. The monoisotopic (exact) mass is 252 g/mol. The first-order valence-electron chi connectivity index (χ1n) is 5.54. The van der Waals surface area contributed by atoms with Gasteiger partial charge in [-0.2, -0.15) is 0 Å². The molecule has 0 aromatic heterocycles. The van der Waals surface area contributed by atoms with Crippen LogP contribution in [0.25, 0.3) is 6.08 Å². The van der Waals surface area contributed by atoms with Crippen molar-refractivity contribution in [2.24, 2.45) is 5.92 Å². The Morgan fingerprint density at radius 2 is 1.94 bits per heavy atom. The first-order chi connectivity index (χ1) is 7.95. The molecule has 4 heteroatoms. The molecule has 1 aliphatic rings. The zero-order valence-electron chi connectivity index (χ0n) is 9.92. The van der Waals surface area contributed by atoms with Crippen LogP contribution in [-0.2, 0) is 9.84 Å². The third-order valence-electron chi connectivity index (χ3n) is 3.33. The van der Waals surface area contributed by atoms with Crippen LogP contribution in [0.1, 0.15) is 23.3 Å². The quantitative estimate of drug-likeness (QED) is 0.873. The molecule has 2 atom stereocenters. The minimum absolute atomic E-state index is 0.0957. The number of benzene rings is 1. The number of rotatable bonds is 2. The van der Waals surface area contributed by atoms with E-state index in [1.54, 1.807) is 0 Å². The van der Waals surface area contributed by atoms with E-state index in [1.165, 1.54) is 6.26 Å². The lowest BCUT2D eigenvalue weighted by molar-refractivity contribution is 0.315. The van der Waals surface area contributed by atoms with Crippen molar-refractivity contribution in [2.45, 2.75) is 12.2 Å². The van der Waals surface area contributed by atoms with Gasteiger partial charge >= 0.3 is 0 Å². The lowest BCUT2D eigenvalue weighted by Crippen LogP contribution is -2.25. The van der Waals surface area contributed by atoms with Crippen molar-refractivity contribution < 1.29 is 13.5 Å². The molecule has 0 amide bonds. The van der Waals surface area contributed by atoms with Gasteiger partial charge in [0.05, 0.1) is 11.9 Å². The lowest BCUT2D eigenvalue weighted by atomic mass is 9.84. The molecule has 0 saturated carbocycles. The van der Waals surface area contributed by atoms with Crippen LogP contribution in [0.2, 0.25) is 0 Å². The predicted molar refractivity (Wildman–Crippen MR) is 68.3 cm³/mol. The Hall–Kier alpha value is -1.13. The topological polar surface area (TPSA) is 54.4 Å². The van der Waals surface area contributed by atoms with Crippen molar-refractivity contribution >= 4 is 15.9 Å². The molecule has 0 saturated heterocycles. The van der Waals surface area contributed by atoms with Crippen LogP contribution in [0, 0.1) is 5.92 Å². The molecule has 0 heterocycles. The Labute approximate surface area is 102 Å². The predicted octanol–water partition coefficient (Wildman–Crippen LogP) is 1.80. The smallest absolute Gasteiger partial charge is 0.155 e. The summed E-state index contributed by atoms with van der Waals surface area (Å²) < 4.78 is 23.8. The van der Waals surface area contributed by atoms with Crippen LogP contribution in [0.5, 0.6) is 0 Å². The van der Waals surface area contributed by atoms with Crippen LogP contribution in [-0.4, -0.2) is 26.4 Å². The van der Waals surface area contributed by atoms with Crippen LogP contribution < -0.4 is 0 Å². The van der Waals surface area contributed by atoms with Crippen LogP contribution in [0.15, 0.2) is 29.8 Å². The van der Waals surface area contributed by atoms with Crippen LogP contribution in [0.4, 0.5) is 0 Å². The lowest BCUT2D eigenvalue weighted by Gasteiger charge is -2.30. The van der Waals surface area contributed by atoms with Gasteiger partial charge in [-0.25, -0.2) is 8.42 Å². The Kier molecular flexibility index (Phi) is 3.10. The maximum Gasteiger partial charge on any atom is 0.155 e. The van der Waals surface area contributed by atoms with E-state index in [2.05, 4.69) is 0 Å². The molecule has 0 radical (unpaired) electrons. The maximum atomic E-state index is 11.9. The normalized spacial score (nSPS) is 24.1. The van der Waals surface area contributed by atoms with Gasteiger partial charge in [-0.1, -0.05) is 37.3 Å². The van der Waals surface area contributed by atoms with Crippen molar-refractivity contribution in [3.8, 4) is 0 Å². The van der Waals surface area contributed by atoms with Gasteiger partial charge in [-0.15, -0.1) is 0 Å². The van der Waals surface area contributed by atoms with Gasteiger partial charge in [-0.3, -0.25) is 0 Å². The fourth-order valence-electron chi connectivity index (χ4n) is 2.49. The number of sulfone groups is 1. The van der Waals surface area contributed by atoms with Crippen molar-refractivity contribution in [3.05, 3.63) is 41.0 Å². The average molecular weight is 252 g/mol. The summed E-state index contributed by atoms with van der Waals surface area (Å²) in [6.45, 7) is 1.76. The summed E-state index contributed by atoms with van der Waals surface area (Å²) in [4.78, 5) is 0. The molecule has 1 aromatic carbocycles. The zero-order chi connectivity index (χ0) is 12.6. The van der Waals surface area contributed by atoms with E-state index in [4.69, 9.17) is 0 Å². The highest BCUT2D eigenvalue weighted by molar-refractivity contribution is 7.91. The fourth-order valence-corrected chi connectivity index (χ4v) is 4.08. The molecule has 3 nitrogen and oxygen atoms in total. The Morgan fingerprint density at radius 1 is 1.29 bits per heavy atom. The molecule has 1 aliphatic carbocycles.